The molecule has 1 amide bonds. The molecule has 196 valence electrons. The lowest BCUT2D eigenvalue weighted by atomic mass is 10.0. The van der Waals surface area contributed by atoms with Crippen molar-refractivity contribution in [1.82, 2.24) is 14.9 Å². The first-order chi connectivity index (χ1) is 17.8. The number of ether oxygens (including phenoxy) is 1. The number of fused-ring (bicyclic) bond motifs is 1. The molecule has 0 spiro atoms. The topological polar surface area (TPSA) is 70.6 Å². The molecule has 0 radical (unpaired) electrons. The third kappa shape index (κ3) is 5.20. The molecule has 5 rings (SSSR count). The lowest BCUT2D eigenvalue weighted by Gasteiger charge is -2.28. The molecule has 2 heterocycles. The molecule has 1 aliphatic heterocycles. The Morgan fingerprint density at radius 1 is 1.11 bits per heavy atom. The second kappa shape index (κ2) is 10.5. The Morgan fingerprint density at radius 2 is 1.78 bits per heavy atom. The van der Waals surface area contributed by atoms with Crippen LogP contribution in [0.2, 0.25) is 0 Å². The van der Waals surface area contributed by atoms with E-state index in [9.17, 15) is 18.0 Å². The summed E-state index contributed by atoms with van der Waals surface area (Å²) in [6, 6.07) is 5.00. The Kier molecular flexibility index (Phi) is 7.19. The van der Waals surface area contributed by atoms with Gasteiger partial charge in [0.15, 0.2) is 17.5 Å². The zero-order valence-corrected chi connectivity index (χ0v) is 20.9. The van der Waals surface area contributed by atoms with Crippen LogP contribution in [0.1, 0.15) is 54.6 Å². The Labute approximate surface area is 213 Å². The number of benzene rings is 2. The second-order valence-electron chi connectivity index (χ2n) is 9.74. The van der Waals surface area contributed by atoms with Gasteiger partial charge >= 0.3 is 0 Å². The number of nitrogens with one attached hydrogen (secondary N) is 1. The van der Waals surface area contributed by atoms with Gasteiger partial charge in [0, 0.05) is 55.1 Å². The zero-order valence-electron chi connectivity index (χ0n) is 20.9. The van der Waals surface area contributed by atoms with E-state index in [-0.39, 0.29) is 17.6 Å². The van der Waals surface area contributed by atoms with Crippen LogP contribution in [0, 0.1) is 17.5 Å². The SMILES string of the molecule is CC(Nc1cc(F)c(F)c(F)c1)c1cc(C(=O)N(C)C2CCCC2)cc2ncc(N3CCOCC3)nc12. The first-order valence-corrected chi connectivity index (χ1v) is 12.6. The van der Waals surface area contributed by atoms with E-state index in [1.54, 1.807) is 30.2 Å². The van der Waals surface area contributed by atoms with Crippen molar-refractivity contribution in [3.63, 3.8) is 0 Å². The molecular formula is C27H30F3N5O2. The van der Waals surface area contributed by atoms with Gasteiger partial charge < -0.3 is 19.9 Å². The minimum atomic E-state index is -1.52. The molecular weight excluding hydrogens is 483 g/mol. The fraction of sp³-hybridized carbons (Fsp3) is 0.444. The maximum atomic E-state index is 13.9. The van der Waals surface area contributed by atoms with Crippen LogP contribution in [0.5, 0.6) is 0 Å². The molecule has 2 aromatic carbocycles. The number of carbonyl (C=O) groups excluding carboxylic acids is 1. The molecule has 7 nitrogen and oxygen atoms in total. The van der Waals surface area contributed by atoms with Crippen LogP contribution in [0.4, 0.5) is 24.7 Å². The van der Waals surface area contributed by atoms with Crippen molar-refractivity contribution in [3.8, 4) is 0 Å². The van der Waals surface area contributed by atoms with E-state index in [2.05, 4.69) is 15.2 Å². The fourth-order valence-corrected chi connectivity index (χ4v) is 5.16. The summed E-state index contributed by atoms with van der Waals surface area (Å²) < 4.78 is 46.7. The van der Waals surface area contributed by atoms with Gasteiger partial charge in [-0.05, 0) is 31.9 Å². The highest BCUT2D eigenvalue weighted by Gasteiger charge is 2.26. The number of morpholine rings is 1. The van der Waals surface area contributed by atoms with Gasteiger partial charge in [0.25, 0.3) is 5.91 Å². The number of carbonyl (C=O) groups is 1. The van der Waals surface area contributed by atoms with Crippen LogP contribution in [0.15, 0.2) is 30.5 Å². The van der Waals surface area contributed by atoms with Crippen molar-refractivity contribution >= 4 is 28.4 Å². The molecule has 10 heteroatoms. The molecule has 2 fully saturated rings. The number of halogens is 3. The molecule has 1 atom stereocenters. The zero-order chi connectivity index (χ0) is 26.1. The molecule has 37 heavy (non-hydrogen) atoms. The smallest absolute Gasteiger partial charge is 0.253 e. The normalized spacial score (nSPS) is 17.3. The summed E-state index contributed by atoms with van der Waals surface area (Å²) in [4.78, 5) is 26.8. The van der Waals surface area contributed by atoms with Gasteiger partial charge in [-0.2, -0.15) is 0 Å². The van der Waals surface area contributed by atoms with Gasteiger partial charge in [-0.1, -0.05) is 12.8 Å². The van der Waals surface area contributed by atoms with Crippen LogP contribution in [0.3, 0.4) is 0 Å². The molecule has 1 saturated carbocycles. The van der Waals surface area contributed by atoms with E-state index in [0.29, 0.717) is 54.3 Å². The summed E-state index contributed by atoms with van der Waals surface area (Å²) >= 11 is 0. The minimum Gasteiger partial charge on any atom is -0.378 e. The summed E-state index contributed by atoms with van der Waals surface area (Å²) in [6.07, 6.45) is 5.85. The van der Waals surface area contributed by atoms with E-state index in [1.165, 1.54) is 0 Å². The highest BCUT2D eigenvalue weighted by Crippen LogP contribution is 2.31. The molecule has 1 unspecified atom stereocenters. The molecule has 3 aromatic rings. The molecule has 1 saturated heterocycles. The standard InChI is InChI=1S/C27H30F3N5O2/c1-16(32-18-13-21(28)25(30)22(29)14-18)20-11-17(27(36)34(2)19-5-3-4-6-19)12-23-26(20)33-24(15-31-23)35-7-9-37-10-8-35/h11-16,19,32H,3-10H2,1-2H3. The number of nitrogens with zero attached hydrogens (tertiary/aromatic N) is 4. The van der Waals surface area contributed by atoms with Crippen molar-refractivity contribution < 1.29 is 22.7 Å². The maximum absolute atomic E-state index is 13.9. The predicted octanol–water partition coefficient (Wildman–Crippen LogP) is 5.07. The number of hydrogen-bond donors (Lipinski definition) is 1. The van der Waals surface area contributed by atoms with Gasteiger partial charge in [0.2, 0.25) is 0 Å². The highest BCUT2D eigenvalue weighted by molar-refractivity contribution is 5.98. The molecule has 1 aromatic heterocycles. The van der Waals surface area contributed by atoms with E-state index in [0.717, 1.165) is 37.8 Å². The van der Waals surface area contributed by atoms with Crippen LogP contribution in [0.25, 0.3) is 11.0 Å². The Balaban J connectivity index is 1.55. The van der Waals surface area contributed by atoms with Gasteiger partial charge in [-0.3, -0.25) is 9.78 Å². The first-order valence-electron chi connectivity index (χ1n) is 12.6. The van der Waals surface area contributed by atoms with Crippen LogP contribution < -0.4 is 10.2 Å². The van der Waals surface area contributed by atoms with Crippen LogP contribution in [-0.2, 0) is 4.74 Å². The number of hydrogen-bond acceptors (Lipinski definition) is 6. The lowest BCUT2D eigenvalue weighted by Crippen LogP contribution is -2.37. The number of amides is 1. The number of anilines is 2. The van der Waals surface area contributed by atoms with E-state index in [1.807, 2.05) is 7.05 Å². The minimum absolute atomic E-state index is 0.0779. The summed E-state index contributed by atoms with van der Waals surface area (Å²) in [6.45, 7) is 4.34. The number of aromatic nitrogens is 2. The van der Waals surface area contributed by atoms with Crippen LogP contribution in [-0.4, -0.2) is 60.2 Å². The summed E-state index contributed by atoms with van der Waals surface area (Å²) in [5.41, 5.74) is 2.31. The fourth-order valence-electron chi connectivity index (χ4n) is 5.16. The summed E-state index contributed by atoms with van der Waals surface area (Å²) in [5.74, 6) is -3.51. The average Bonchev–Trinajstić information content (AvgIpc) is 3.45. The van der Waals surface area contributed by atoms with E-state index >= 15 is 0 Å². The monoisotopic (exact) mass is 513 g/mol. The Hall–Kier alpha value is -3.40. The average molecular weight is 514 g/mol. The van der Waals surface area contributed by atoms with E-state index in [4.69, 9.17) is 9.72 Å². The van der Waals surface area contributed by atoms with Crippen molar-refractivity contribution in [2.45, 2.75) is 44.7 Å². The van der Waals surface area contributed by atoms with Crippen molar-refractivity contribution in [1.29, 1.82) is 0 Å². The highest BCUT2D eigenvalue weighted by atomic mass is 19.2. The molecule has 2 aliphatic rings. The quantitative estimate of drug-likeness (QED) is 0.464. The van der Waals surface area contributed by atoms with Gasteiger partial charge in [0.05, 0.1) is 36.5 Å². The Bertz CT molecular complexity index is 1290. The lowest BCUT2D eigenvalue weighted by molar-refractivity contribution is 0.0735. The molecule has 0 bridgehead atoms. The van der Waals surface area contributed by atoms with Gasteiger partial charge in [0.1, 0.15) is 5.82 Å². The van der Waals surface area contributed by atoms with Crippen molar-refractivity contribution in [2.24, 2.45) is 0 Å². The Morgan fingerprint density at radius 3 is 2.46 bits per heavy atom. The molecule has 1 aliphatic carbocycles. The summed E-state index contributed by atoms with van der Waals surface area (Å²) in [7, 11) is 1.82. The predicted molar refractivity (Wildman–Crippen MR) is 135 cm³/mol. The molecule has 1 N–H and O–H groups in total. The van der Waals surface area contributed by atoms with Gasteiger partial charge in [-0.15, -0.1) is 0 Å². The third-order valence-electron chi connectivity index (χ3n) is 7.27. The van der Waals surface area contributed by atoms with Crippen molar-refractivity contribution in [3.05, 3.63) is 59.0 Å². The van der Waals surface area contributed by atoms with E-state index < -0.39 is 23.5 Å². The second-order valence-corrected chi connectivity index (χ2v) is 9.74. The largest absolute Gasteiger partial charge is 0.378 e. The van der Waals surface area contributed by atoms with Crippen LogP contribution >= 0.6 is 0 Å². The van der Waals surface area contributed by atoms with Gasteiger partial charge in [-0.25, -0.2) is 18.2 Å². The van der Waals surface area contributed by atoms with Crippen molar-refractivity contribution in [2.75, 3.05) is 43.6 Å². The third-order valence-corrected chi connectivity index (χ3v) is 7.27. The first kappa shape index (κ1) is 25.3. The number of rotatable bonds is 6. The summed E-state index contributed by atoms with van der Waals surface area (Å²) in [5, 5.41) is 3.04. The maximum Gasteiger partial charge on any atom is 0.253 e.